The van der Waals surface area contributed by atoms with Gasteiger partial charge in [0.15, 0.2) is 0 Å². The van der Waals surface area contributed by atoms with Gasteiger partial charge in [-0.25, -0.2) is 0 Å². The Morgan fingerprint density at radius 2 is 1.11 bits per heavy atom. The topological polar surface area (TPSA) is 38.6 Å². The van der Waals surface area contributed by atoms with Gasteiger partial charge in [-0.2, -0.15) is 0 Å². The smallest absolute Gasteiger partial charge is 0.136 e. The summed E-state index contributed by atoms with van der Waals surface area (Å²) in [5, 5.41) is 7.01. The minimum Gasteiger partial charge on any atom is -0.456 e. The number of hydrogen-bond acceptors (Lipinski definition) is 4. The predicted molar refractivity (Wildman–Crippen MR) is 315 cm³/mol. The number of rotatable bonds is 8. The molecule has 4 heterocycles. The fraction of sp³-hybridized carbons (Fsp3) is 0.113. The SMILES string of the molecule is CCC1C(c2cccc3oc4ccc(-c5ccc6sc7ccc(-c8ccc9c(c8)-c8ccccc8C(C(C)c8ccccc8)C9)cc7c6c5)cc4c23)=NC(c2ccc3c(c2)oc2ccccc23)=CC1c1ccccc1. The van der Waals surface area contributed by atoms with E-state index in [9.17, 15) is 0 Å². The van der Waals surface area contributed by atoms with Crippen LogP contribution in [0.2, 0.25) is 0 Å². The van der Waals surface area contributed by atoms with E-state index in [1.54, 1.807) is 0 Å². The Morgan fingerprint density at radius 1 is 0.493 bits per heavy atom. The molecule has 3 aromatic heterocycles. The highest BCUT2D eigenvalue weighted by atomic mass is 32.1. The molecule has 0 radical (unpaired) electrons. The predicted octanol–water partition coefficient (Wildman–Crippen LogP) is 20.0. The standard InChI is InChI=1S/C71H51NO2S/c1-3-51-59(44-17-8-5-9-18-44)41-63(50-27-31-55-54-21-12-13-23-64(54)74-67(55)40-50)72-71(51)56-22-14-24-66-70(56)62-38-46(28-32-65(62)73-66)48-30-34-69-61(37-48)60-36-47(29-33-68(60)75-69)45-25-26-49-39-57(42(2)43-15-6-4-7-16-43)52-19-10-11-20-53(52)58(49)35-45/h4-38,40-42,51,57,59H,3,39H2,1-2H3. The van der Waals surface area contributed by atoms with Crippen molar-refractivity contribution >= 4 is 86.8 Å². The molecule has 2 aliphatic rings. The van der Waals surface area contributed by atoms with E-state index in [0.717, 1.165) is 84.8 Å². The lowest BCUT2D eigenvalue weighted by Gasteiger charge is -2.32. The summed E-state index contributed by atoms with van der Waals surface area (Å²) >= 11 is 1.87. The number of thiophene rings is 1. The van der Waals surface area contributed by atoms with Crippen LogP contribution < -0.4 is 0 Å². The molecule has 0 saturated carbocycles. The number of fused-ring (bicyclic) bond motifs is 12. The Hall–Kier alpha value is -8.57. The number of nitrogens with zero attached hydrogens (tertiary/aromatic N) is 1. The van der Waals surface area contributed by atoms with Gasteiger partial charge < -0.3 is 8.83 Å². The average Bonchev–Trinajstić information content (AvgIpc) is 4.20. The van der Waals surface area contributed by atoms with Crippen LogP contribution in [0.4, 0.5) is 0 Å². The number of aliphatic imine (C=N–C) groups is 1. The monoisotopic (exact) mass is 981 g/mol. The largest absolute Gasteiger partial charge is 0.456 e. The van der Waals surface area contributed by atoms with Gasteiger partial charge in [0.05, 0.1) is 11.4 Å². The normalized spacial score (nSPS) is 16.9. The molecule has 4 heteroatoms. The van der Waals surface area contributed by atoms with Crippen molar-refractivity contribution in [2.75, 3.05) is 0 Å². The Balaban J connectivity index is 0.811. The molecule has 1 aliphatic carbocycles. The van der Waals surface area contributed by atoms with Gasteiger partial charge in [-0.15, -0.1) is 11.3 Å². The third-order valence-electron chi connectivity index (χ3n) is 16.7. The first-order valence-corrected chi connectivity index (χ1v) is 27.3. The van der Waals surface area contributed by atoms with Crippen LogP contribution in [0.3, 0.4) is 0 Å². The van der Waals surface area contributed by atoms with E-state index in [1.165, 1.54) is 70.2 Å². The van der Waals surface area contributed by atoms with E-state index in [0.29, 0.717) is 11.8 Å². The quantitative estimate of drug-likeness (QED) is 0.152. The first-order valence-electron chi connectivity index (χ1n) is 26.5. The van der Waals surface area contributed by atoms with Crippen LogP contribution in [0.15, 0.2) is 238 Å². The molecule has 4 atom stereocenters. The fourth-order valence-electron chi connectivity index (χ4n) is 12.9. The van der Waals surface area contributed by atoms with Crippen LogP contribution >= 0.6 is 11.3 Å². The molecule has 0 saturated heterocycles. The van der Waals surface area contributed by atoms with E-state index < -0.39 is 0 Å². The van der Waals surface area contributed by atoms with Crippen LogP contribution in [-0.4, -0.2) is 5.71 Å². The molecule has 10 aromatic carbocycles. The molecular weight excluding hydrogens is 931 g/mol. The lowest BCUT2D eigenvalue weighted by atomic mass is 9.71. The highest BCUT2D eigenvalue weighted by Gasteiger charge is 2.33. The number of para-hydroxylation sites is 1. The lowest BCUT2D eigenvalue weighted by molar-refractivity contribution is 0.568. The van der Waals surface area contributed by atoms with Crippen molar-refractivity contribution in [3.05, 3.63) is 258 Å². The number of furan rings is 2. The zero-order chi connectivity index (χ0) is 49.7. The van der Waals surface area contributed by atoms with Crippen LogP contribution in [-0.2, 0) is 6.42 Å². The maximum atomic E-state index is 6.72. The third kappa shape index (κ3) is 7.26. The zero-order valence-corrected chi connectivity index (χ0v) is 42.6. The number of allylic oxidation sites excluding steroid dienone is 1. The van der Waals surface area contributed by atoms with Crippen LogP contribution in [0.5, 0.6) is 0 Å². The zero-order valence-electron chi connectivity index (χ0n) is 41.8. The summed E-state index contributed by atoms with van der Waals surface area (Å²) in [4.78, 5) is 5.66. The Labute approximate surface area is 439 Å². The van der Waals surface area contributed by atoms with Gasteiger partial charge in [0.2, 0.25) is 0 Å². The molecule has 0 spiro atoms. The first-order chi connectivity index (χ1) is 37.0. The molecular formula is C71H51NO2S. The van der Waals surface area contributed by atoms with Gasteiger partial charge in [0.25, 0.3) is 0 Å². The molecule has 0 amide bonds. The second-order valence-electron chi connectivity index (χ2n) is 20.8. The molecule has 15 rings (SSSR count). The highest BCUT2D eigenvalue weighted by Crippen LogP contribution is 2.48. The van der Waals surface area contributed by atoms with Crippen molar-refractivity contribution in [1.29, 1.82) is 0 Å². The van der Waals surface area contributed by atoms with E-state index in [-0.39, 0.29) is 11.8 Å². The number of hydrogen-bond donors (Lipinski definition) is 0. The van der Waals surface area contributed by atoms with Gasteiger partial charge >= 0.3 is 0 Å². The van der Waals surface area contributed by atoms with Crippen molar-refractivity contribution < 1.29 is 8.83 Å². The molecule has 0 fully saturated rings. The minimum atomic E-state index is 0.118. The summed E-state index contributed by atoms with van der Waals surface area (Å²) in [6.07, 6.45) is 4.34. The van der Waals surface area contributed by atoms with Gasteiger partial charge in [0, 0.05) is 64.7 Å². The Morgan fingerprint density at radius 3 is 1.91 bits per heavy atom. The van der Waals surface area contributed by atoms with Crippen molar-refractivity contribution in [1.82, 2.24) is 0 Å². The molecule has 358 valence electrons. The molecule has 13 aromatic rings. The second kappa shape index (κ2) is 17.5. The summed E-state index contributed by atoms with van der Waals surface area (Å²) in [5.74, 6) is 1.10. The maximum Gasteiger partial charge on any atom is 0.136 e. The van der Waals surface area contributed by atoms with Gasteiger partial charge in [-0.1, -0.05) is 166 Å². The van der Waals surface area contributed by atoms with Crippen LogP contribution in [0.25, 0.3) is 103 Å². The molecule has 0 N–H and O–H groups in total. The van der Waals surface area contributed by atoms with Gasteiger partial charge in [-0.05, 0) is 153 Å². The summed E-state index contributed by atoms with van der Waals surface area (Å²) in [5.41, 5.74) is 20.8. The van der Waals surface area contributed by atoms with Crippen LogP contribution in [0, 0.1) is 5.92 Å². The van der Waals surface area contributed by atoms with Crippen molar-refractivity contribution in [2.45, 2.75) is 44.4 Å². The van der Waals surface area contributed by atoms with E-state index in [1.807, 2.05) is 23.5 Å². The van der Waals surface area contributed by atoms with E-state index in [2.05, 4.69) is 226 Å². The van der Waals surface area contributed by atoms with Crippen molar-refractivity contribution in [2.24, 2.45) is 10.9 Å². The van der Waals surface area contributed by atoms with E-state index in [4.69, 9.17) is 13.8 Å². The molecule has 75 heavy (non-hydrogen) atoms. The van der Waals surface area contributed by atoms with Gasteiger partial charge in [-0.3, -0.25) is 4.99 Å². The highest BCUT2D eigenvalue weighted by molar-refractivity contribution is 7.25. The molecule has 1 aliphatic heterocycles. The third-order valence-corrected chi connectivity index (χ3v) is 17.8. The maximum absolute atomic E-state index is 6.72. The van der Waals surface area contributed by atoms with Crippen molar-refractivity contribution in [3.63, 3.8) is 0 Å². The van der Waals surface area contributed by atoms with Crippen molar-refractivity contribution in [3.8, 4) is 33.4 Å². The first kappa shape index (κ1) is 44.0. The summed E-state index contributed by atoms with van der Waals surface area (Å²) in [7, 11) is 0. The van der Waals surface area contributed by atoms with Gasteiger partial charge in [0.1, 0.15) is 22.3 Å². The Bertz CT molecular complexity index is 4470. The van der Waals surface area contributed by atoms with Crippen LogP contribution in [0.1, 0.15) is 71.4 Å². The molecule has 4 unspecified atom stereocenters. The minimum absolute atomic E-state index is 0.118. The summed E-state index contributed by atoms with van der Waals surface area (Å²) in [6, 6.07) is 80.3. The average molecular weight is 982 g/mol. The number of benzene rings is 10. The van der Waals surface area contributed by atoms with E-state index >= 15 is 0 Å². The summed E-state index contributed by atoms with van der Waals surface area (Å²) in [6.45, 7) is 4.69. The summed E-state index contributed by atoms with van der Waals surface area (Å²) < 4.78 is 15.7. The Kier molecular flexibility index (Phi) is 10.3. The molecule has 3 nitrogen and oxygen atoms in total. The lowest BCUT2D eigenvalue weighted by Crippen LogP contribution is -2.25. The molecule has 0 bridgehead atoms. The second-order valence-corrected chi connectivity index (χ2v) is 21.9. The fourth-order valence-corrected chi connectivity index (χ4v) is 13.9.